The molecule has 0 heterocycles. The van der Waals surface area contributed by atoms with Gasteiger partial charge in [0.2, 0.25) is 0 Å². The van der Waals surface area contributed by atoms with E-state index in [2.05, 4.69) is 17.4 Å². The van der Waals surface area contributed by atoms with E-state index in [1.54, 1.807) is 11.6 Å². The zero-order valence-electron chi connectivity index (χ0n) is 15.4. The monoisotopic (exact) mass is 354 g/mol. The Morgan fingerprint density at radius 3 is 2.31 bits per heavy atom. The molecule has 4 heteroatoms. The smallest absolute Gasteiger partial charge is 0.267 e. The summed E-state index contributed by atoms with van der Waals surface area (Å²) >= 11 is 0. The van der Waals surface area contributed by atoms with E-state index >= 15 is 0 Å². The summed E-state index contributed by atoms with van der Waals surface area (Å²) < 4.78 is 0. The van der Waals surface area contributed by atoms with Gasteiger partial charge in [0.15, 0.2) is 0 Å². The number of carbonyl (C=O) groups is 1. The van der Waals surface area contributed by atoms with Gasteiger partial charge in [0.25, 0.3) is 5.91 Å². The van der Waals surface area contributed by atoms with Gasteiger partial charge in [-0.2, -0.15) is 0 Å². The van der Waals surface area contributed by atoms with Crippen LogP contribution in [0.1, 0.15) is 49.7 Å². The Kier molecular flexibility index (Phi) is 5.41. The first kappa shape index (κ1) is 17.7. The molecule has 4 bridgehead atoms. The first-order valence-corrected chi connectivity index (χ1v) is 10.1. The highest BCUT2D eigenvalue weighted by Gasteiger charge is 2.47. The predicted molar refractivity (Wildman–Crippen MR) is 102 cm³/mol. The van der Waals surface area contributed by atoms with Gasteiger partial charge in [0.05, 0.1) is 0 Å². The highest BCUT2D eigenvalue weighted by molar-refractivity contribution is 5.90. The molecule has 4 nitrogen and oxygen atoms in total. The number of hydrogen-bond acceptors (Lipinski definition) is 3. The molecule has 4 saturated carbocycles. The topological polar surface area (TPSA) is 61.4 Å². The largest absolute Gasteiger partial charge is 0.313 e. The van der Waals surface area contributed by atoms with Crippen molar-refractivity contribution in [3.63, 3.8) is 0 Å². The first-order valence-electron chi connectivity index (χ1n) is 10.1. The average Bonchev–Trinajstić information content (AvgIpc) is 2.65. The van der Waals surface area contributed by atoms with Gasteiger partial charge < -0.3 is 5.32 Å². The molecular weight excluding hydrogens is 324 g/mol. The van der Waals surface area contributed by atoms with E-state index in [0.29, 0.717) is 0 Å². The van der Waals surface area contributed by atoms with Gasteiger partial charge in [-0.3, -0.25) is 10.0 Å². The molecule has 4 aliphatic carbocycles. The van der Waals surface area contributed by atoms with Crippen LogP contribution in [-0.2, 0) is 11.3 Å². The van der Waals surface area contributed by atoms with Crippen LogP contribution < -0.4 is 10.8 Å². The summed E-state index contributed by atoms with van der Waals surface area (Å²) in [5.41, 5.74) is 3.80. The summed E-state index contributed by atoms with van der Waals surface area (Å²) in [5, 5.41) is 12.1. The van der Waals surface area contributed by atoms with Gasteiger partial charge in [-0.25, -0.2) is 5.48 Å². The van der Waals surface area contributed by atoms with Crippen LogP contribution in [-0.4, -0.2) is 17.7 Å². The highest BCUT2D eigenvalue weighted by Crippen LogP contribution is 2.57. The molecule has 0 spiro atoms. The molecule has 4 aliphatic rings. The molecule has 1 aromatic carbocycles. The fourth-order valence-corrected chi connectivity index (χ4v) is 5.97. The fraction of sp³-hybridized carbons (Fsp3) is 0.591. The van der Waals surface area contributed by atoms with Crippen molar-refractivity contribution in [1.29, 1.82) is 0 Å². The van der Waals surface area contributed by atoms with Crippen LogP contribution in [0.3, 0.4) is 0 Å². The quantitative estimate of drug-likeness (QED) is 0.302. The number of carbonyl (C=O) groups excluding carboxylic acids is 1. The zero-order valence-corrected chi connectivity index (χ0v) is 15.4. The SMILES string of the molecule is O=C(C=Cc1ccc(CNCCC2C3CC4CC(C3)CC2C4)cc1)NO. The lowest BCUT2D eigenvalue weighted by Crippen LogP contribution is -2.45. The second kappa shape index (κ2) is 7.93. The van der Waals surface area contributed by atoms with Crippen molar-refractivity contribution < 1.29 is 10.0 Å². The third-order valence-corrected chi connectivity index (χ3v) is 6.92. The van der Waals surface area contributed by atoms with E-state index in [-0.39, 0.29) is 0 Å². The Morgan fingerprint density at radius 2 is 1.69 bits per heavy atom. The van der Waals surface area contributed by atoms with E-state index in [4.69, 9.17) is 5.21 Å². The molecule has 140 valence electrons. The van der Waals surface area contributed by atoms with Crippen molar-refractivity contribution in [1.82, 2.24) is 10.8 Å². The number of nitrogens with one attached hydrogen (secondary N) is 2. The Morgan fingerprint density at radius 1 is 1.04 bits per heavy atom. The maximum absolute atomic E-state index is 11.0. The van der Waals surface area contributed by atoms with E-state index < -0.39 is 5.91 Å². The molecule has 0 unspecified atom stereocenters. The lowest BCUT2D eigenvalue weighted by Gasteiger charge is -2.54. The van der Waals surface area contributed by atoms with Crippen LogP contribution in [0.2, 0.25) is 0 Å². The summed E-state index contributed by atoms with van der Waals surface area (Å²) in [6, 6.07) is 8.17. The Bertz CT molecular complexity index is 625. The van der Waals surface area contributed by atoms with Crippen molar-refractivity contribution in [2.45, 2.75) is 45.1 Å². The van der Waals surface area contributed by atoms with E-state index in [1.165, 1.54) is 50.2 Å². The minimum atomic E-state index is -0.513. The lowest BCUT2D eigenvalue weighted by atomic mass is 9.51. The second-order valence-electron chi connectivity index (χ2n) is 8.61. The third-order valence-electron chi connectivity index (χ3n) is 6.92. The highest BCUT2D eigenvalue weighted by atomic mass is 16.5. The van der Waals surface area contributed by atoms with Crippen LogP contribution in [0.25, 0.3) is 6.08 Å². The maximum atomic E-state index is 11.0. The number of hydrogen-bond donors (Lipinski definition) is 3. The van der Waals surface area contributed by atoms with Gasteiger partial charge in [-0.05, 0) is 91.9 Å². The van der Waals surface area contributed by atoms with Crippen LogP contribution in [0, 0.1) is 29.6 Å². The number of benzene rings is 1. The van der Waals surface area contributed by atoms with Gasteiger partial charge in [-0.1, -0.05) is 24.3 Å². The summed E-state index contributed by atoms with van der Waals surface area (Å²) in [7, 11) is 0. The summed E-state index contributed by atoms with van der Waals surface area (Å²) in [6.45, 7) is 2.01. The second-order valence-corrected chi connectivity index (χ2v) is 8.61. The molecule has 5 rings (SSSR count). The molecule has 0 radical (unpaired) electrons. The molecule has 0 aliphatic heterocycles. The molecular formula is C22H30N2O2. The molecule has 0 atom stereocenters. The standard InChI is InChI=1S/C22H30N2O2/c25-22(24-26)6-5-15-1-3-16(4-2-15)14-23-8-7-21-19-10-17-9-18(12-19)13-20(21)11-17/h1-6,17-21,23,26H,7-14H2,(H,24,25). The Balaban J connectivity index is 1.20. The summed E-state index contributed by atoms with van der Waals surface area (Å²) in [4.78, 5) is 11.0. The lowest BCUT2D eigenvalue weighted by molar-refractivity contribution is -0.124. The molecule has 3 N–H and O–H groups in total. The molecule has 0 aromatic heterocycles. The van der Waals surface area contributed by atoms with Crippen LogP contribution in [0.15, 0.2) is 30.3 Å². The molecule has 4 fully saturated rings. The molecule has 1 amide bonds. The van der Waals surface area contributed by atoms with Crippen molar-refractivity contribution in [2.75, 3.05) is 6.54 Å². The van der Waals surface area contributed by atoms with E-state index in [0.717, 1.165) is 48.2 Å². The van der Waals surface area contributed by atoms with Crippen molar-refractivity contribution >= 4 is 12.0 Å². The first-order chi connectivity index (χ1) is 12.7. The van der Waals surface area contributed by atoms with Crippen molar-refractivity contribution in [2.24, 2.45) is 29.6 Å². The Hall–Kier alpha value is -1.65. The summed E-state index contributed by atoms with van der Waals surface area (Å²) in [6.07, 6.45) is 11.9. The summed E-state index contributed by atoms with van der Waals surface area (Å²) in [5.74, 6) is 4.64. The molecule has 0 saturated heterocycles. The molecule has 26 heavy (non-hydrogen) atoms. The molecule has 1 aromatic rings. The van der Waals surface area contributed by atoms with E-state index in [9.17, 15) is 4.79 Å². The van der Waals surface area contributed by atoms with Gasteiger partial charge >= 0.3 is 0 Å². The zero-order chi connectivity index (χ0) is 17.9. The minimum Gasteiger partial charge on any atom is -0.313 e. The third kappa shape index (κ3) is 4.02. The van der Waals surface area contributed by atoms with Crippen LogP contribution in [0.4, 0.5) is 0 Å². The van der Waals surface area contributed by atoms with E-state index in [1.807, 2.05) is 12.1 Å². The number of rotatable bonds is 7. The van der Waals surface area contributed by atoms with Crippen molar-refractivity contribution in [3.05, 3.63) is 41.5 Å². The van der Waals surface area contributed by atoms with Crippen LogP contribution in [0.5, 0.6) is 0 Å². The minimum absolute atomic E-state index is 0.513. The maximum Gasteiger partial charge on any atom is 0.267 e. The Labute approximate surface area is 156 Å². The average molecular weight is 354 g/mol. The fourth-order valence-electron chi connectivity index (χ4n) is 5.97. The van der Waals surface area contributed by atoms with Gasteiger partial charge in [0, 0.05) is 12.6 Å². The van der Waals surface area contributed by atoms with Gasteiger partial charge in [0.1, 0.15) is 0 Å². The number of hydroxylamine groups is 1. The number of amides is 1. The van der Waals surface area contributed by atoms with Crippen LogP contribution >= 0.6 is 0 Å². The van der Waals surface area contributed by atoms with Gasteiger partial charge in [-0.15, -0.1) is 0 Å². The normalized spacial score (nSPS) is 32.3. The van der Waals surface area contributed by atoms with Crippen molar-refractivity contribution in [3.8, 4) is 0 Å². The predicted octanol–water partition coefficient (Wildman–Crippen LogP) is 3.76.